The first-order valence-corrected chi connectivity index (χ1v) is 8.56. The average Bonchev–Trinajstić information content (AvgIpc) is 3.25. The van der Waals surface area contributed by atoms with Crippen LogP contribution in [0.5, 0.6) is 0 Å². The van der Waals surface area contributed by atoms with Crippen molar-refractivity contribution in [1.29, 1.82) is 5.26 Å². The van der Waals surface area contributed by atoms with Gasteiger partial charge in [0.15, 0.2) is 5.60 Å². The molecule has 1 aliphatic rings. The average molecular weight is 386 g/mol. The van der Waals surface area contributed by atoms with Gasteiger partial charge in [0, 0.05) is 11.3 Å². The van der Waals surface area contributed by atoms with Crippen LogP contribution in [0.1, 0.15) is 21.7 Å². The Morgan fingerprint density at radius 3 is 2.81 bits per heavy atom. The molecule has 0 spiro atoms. The minimum atomic E-state index is -2.10. The van der Waals surface area contributed by atoms with Gasteiger partial charge in [0.25, 0.3) is 11.8 Å². The highest BCUT2D eigenvalue weighted by molar-refractivity contribution is 7.12. The second-order valence-corrected chi connectivity index (χ2v) is 6.59. The Bertz CT molecular complexity index is 966. The lowest BCUT2D eigenvalue weighted by Crippen LogP contribution is -2.33. The van der Waals surface area contributed by atoms with Crippen LogP contribution >= 0.6 is 11.3 Å². The van der Waals surface area contributed by atoms with Crippen molar-refractivity contribution in [3.05, 3.63) is 40.1 Å². The lowest BCUT2D eigenvalue weighted by molar-refractivity contribution is -0.133. The normalized spacial score (nSPS) is 17.4. The van der Waals surface area contributed by atoms with Gasteiger partial charge in [-0.3, -0.25) is 14.9 Å². The molecule has 27 heavy (non-hydrogen) atoms. The maximum absolute atomic E-state index is 12.3. The highest BCUT2D eigenvalue weighted by Crippen LogP contribution is 2.44. The molecule has 0 fully saturated rings. The molecule has 0 aliphatic carbocycles. The number of nitriles is 1. The Labute approximate surface area is 157 Å². The topological polar surface area (TPSA) is 141 Å². The van der Waals surface area contributed by atoms with E-state index in [1.54, 1.807) is 23.6 Å². The number of hydrogen-bond donors (Lipinski definition) is 4. The number of benzene rings is 1. The second kappa shape index (κ2) is 7.06. The number of methoxy groups -OCH3 is 1. The second-order valence-electron chi connectivity index (χ2n) is 5.64. The Morgan fingerprint density at radius 1 is 1.41 bits per heavy atom. The number of carbonyl (C=O) groups is 3. The first kappa shape index (κ1) is 18.4. The maximum atomic E-state index is 12.3. The van der Waals surface area contributed by atoms with Gasteiger partial charge in [0.05, 0.1) is 35.9 Å². The third-order valence-corrected chi connectivity index (χ3v) is 4.83. The number of nitrogens with one attached hydrogen (secondary N) is 3. The van der Waals surface area contributed by atoms with Gasteiger partial charge in [-0.05, 0) is 23.6 Å². The summed E-state index contributed by atoms with van der Waals surface area (Å²) in [4.78, 5) is 36.6. The van der Waals surface area contributed by atoms with Crippen LogP contribution in [0.2, 0.25) is 0 Å². The van der Waals surface area contributed by atoms with Crippen LogP contribution in [0, 0.1) is 11.3 Å². The monoisotopic (exact) mass is 386 g/mol. The van der Waals surface area contributed by atoms with Crippen molar-refractivity contribution in [3.8, 4) is 6.07 Å². The van der Waals surface area contributed by atoms with E-state index in [2.05, 4.69) is 20.7 Å². The van der Waals surface area contributed by atoms with Gasteiger partial charge in [-0.15, -0.1) is 11.3 Å². The van der Waals surface area contributed by atoms with Crippen molar-refractivity contribution in [2.45, 2.75) is 12.0 Å². The fourth-order valence-electron chi connectivity index (χ4n) is 2.66. The predicted octanol–water partition coefficient (Wildman–Crippen LogP) is 2.23. The van der Waals surface area contributed by atoms with Crippen molar-refractivity contribution in [3.63, 3.8) is 0 Å². The van der Waals surface area contributed by atoms with Crippen molar-refractivity contribution < 1.29 is 24.2 Å². The number of amides is 3. The highest BCUT2D eigenvalue weighted by Gasteiger charge is 2.46. The molecule has 2 aromatic rings. The van der Waals surface area contributed by atoms with Gasteiger partial charge in [-0.2, -0.15) is 5.26 Å². The Morgan fingerprint density at radius 2 is 2.19 bits per heavy atom. The van der Waals surface area contributed by atoms with Crippen molar-refractivity contribution in [1.82, 2.24) is 0 Å². The molecule has 1 unspecified atom stereocenters. The largest absolute Gasteiger partial charge is 0.453 e. The van der Waals surface area contributed by atoms with Gasteiger partial charge in [0.1, 0.15) is 0 Å². The summed E-state index contributed by atoms with van der Waals surface area (Å²) in [5.41, 5.74) is -1.54. The number of fused-ring (bicyclic) bond motifs is 1. The number of thiophene rings is 1. The summed E-state index contributed by atoms with van der Waals surface area (Å²) in [6, 6.07) is 7.93. The Balaban J connectivity index is 2.06. The molecule has 1 aliphatic heterocycles. The number of ether oxygens (including phenoxy) is 1. The molecule has 0 saturated heterocycles. The van der Waals surface area contributed by atoms with Crippen LogP contribution in [0.25, 0.3) is 0 Å². The first-order chi connectivity index (χ1) is 12.9. The SMILES string of the molecule is COC(=O)Nc1cc(NC(=O)c2cccs2)cc2c1NC(=O)C2(O)CC#N. The minimum Gasteiger partial charge on any atom is -0.453 e. The van der Waals surface area contributed by atoms with E-state index in [1.807, 2.05) is 0 Å². The third kappa shape index (κ3) is 3.33. The molecule has 0 saturated carbocycles. The number of rotatable bonds is 4. The fourth-order valence-corrected chi connectivity index (χ4v) is 3.28. The predicted molar refractivity (Wildman–Crippen MR) is 97.5 cm³/mol. The minimum absolute atomic E-state index is 0.0735. The molecule has 0 bridgehead atoms. The molecule has 3 rings (SSSR count). The zero-order chi connectivity index (χ0) is 19.6. The van der Waals surface area contributed by atoms with Crippen LogP contribution in [-0.2, 0) is 15.1 Å². The summed E-state index contributed by atoms with van der Waals surface area (Å²) < 4.78 is 4.56. The maximum Gasteiger partial charge on any atom is 0.411 e. The van der Waals surface area contributed by atoms with Crippen molar-refractivity contribution >= 4 is 46.3 Å². The summed E-state index contributed by atoms with van der Waals surface area (Å²) in [6.07, 6.45) is -1.30. The van der Waals surface area contributed by atoms with E-state index < -0.39 is 29.9 Å². The van der Waals surface area contributed by atoms with E-state index >= 15 is 0 Å². The molecule has 4 N–H and O–H groups in total. The molecule has 10 heteroatoms. The Hall–Kier alpha value is -3.42. The van der Waals surface area contributed by atoms with Gasteiger partial charge in [0.2, 0.25) is 0 Å². The molecule has 1 atom stereocenters. The van der Waals surface area contributed by atoms with Crippen molar-refractivity contribution in [2.75, 3.05) is 23.1 Å². The molecule has 0 radical (unpaired) electrons. The van der Waals surface area contributed by atoms with Gasteiger partial charge in [-0.1, -0.05) is 6.07 Å². The number of hydrogen-bond acceptors (Lipinski definition) is 7. The summed E-state index contributed by atoms with van der Waals surface area (Å²) in [5, 5.41) is 28.9. The van der Waals surface area contributed by atoms with Gasteiger partial charge < -0.3 is 20.5 Å². The highest BCUT2D eigenvalue weighted by atomic mass is 32.1. The standard InChI is InChI=1S/C17H14N4O5S/c1-26-16(24)20-11-8-9(19-14(22)12-3-2-6-27-12)7-10-13(11)21-15(23)17(10,25)4-5-18/h2-3,6-8,25H,4H2,1H3,(H,19,22)(H,20,24)(H,21,23). The van der Waals surface area contributed by atoms with Crippen LogP contribution in [0.15, 0.2) is 29.6 Å². The fraction of sp³-hybridized carbons (Fsp3) is 0.176. The van der Waals surface area contributed by atoms with E-state index in [0.717, 1.165) is 0 Å². The zero-order valence-corrected chi connectivity index (χ0v) is 14.8. The molecule has 2 heterocycles. The quantitative estimate of drug-likeness (QED) is 0.635. The molecule has 9 nitrogen and oxygen atoms in total. The zero-order valence-electron chi connectivity index (χ0n) is 14.0. The summed E-state index contributed by atoms with van der Waals surface area (Å²) in [6.45, 7) is 0. The lowest BCUT2D eigenvalue weighted by Gasteiger charge is -2.18. The number of nitrogens with zero attached hydrogens (tertiary/aromatic N) is 1. The van der Waals surface area contributed by atoms with E-state index in [1.165, 1.54) is 30.6 Å². The van der Waals surface area contributed by atoms with E-state index in [0.29, 0.717) is 4.88 Å². The molecular formula is C17H14N4O5S. The van der Waals surface area contributed by atoms with Crippen LogP contribution < -0.4 is 16.0 Å². The first-order valence-electron chi connectivity index (χ1n) is 7.68. The van der Waals surface area contributed by atoms with Gasteiger partial charge >= 0.3 is 6.09 Å². The Kier molecular flexibility index (Phi) is 4.81. The van der Waals surface area contributed by atoms with E-state index in [9.17, 15) is 19.5 Å². The van der Waals surface area contributed by atoms with Crippen LogP contribution in [0.4, 0.5) is 21.9 Å². The molecule has 138 valence electrons. The summed E-state index contributed by atoms with van der Waals surface area (Å²) in [7, 11) is 1.17. The number of anilines is 3. The van der Waals surface area contributed by atoms with Crippen LogP contribution in [0.3, 0.4) is 0 Å². The molecule has 3 amide bonds. The summed E-state index contributed by atoms with van der Waals surface area (Å²) >= 11 is 1.24. The number of aliphatic hydroxyl groups is 1. The van der Waals surface area contributed by atoms with Gasteiger partial charge in [-0.25, -0.2) is 4.79 Å². The molecular weight excluding hydrogens is 372 g/mol. The third-order valence-electron chi connectivity index (χ3n) is 3.96. The number of carbonyl (C=O) groups excluding carboxylic acids is 3. The lowest BCUT2D eigenvalue weighted by atomic mass is 9.91. The smallest absolute Gasteiger partial charge is 0.411 e. The van der Waals surface area contributed by atoms with E-state index in [4.69, 9.17) is 5.26 Å². The van der Waals surface area contributed by atoms with Crippen LogP contribution in [-0.4, -0.2) is 30.1 Å². The van der Waals surface area contributed by atoms with Crippen molar-refractivity contribution in [2.24, 2.45) is 0 Å². The van der Waals surface area contributed by atoms with E-state index in [-0.39, 0.29) is 22.6 Å². The molecule has 1 aromatic carbocycles. The molecule has 1 aromatic heterocycles. The summed E-state index contributed by atoms with van der Waals surface area (Å²) in [5.74, 6) is -1.19.